The maximum absolute atomic E-state index is 14.1. The quantitative estimate of drug-likeness (QED) is 0.690. The van der Waals surface area contributed by atoms with Gasteiger partial charge in [-0.1, -0.05) is 18.2 Å². The molecule has 1 saturated heterocycles. The first kappa shape index (κ1) is 20.8. The van der Waals surface area contributed by atoms with Crippen molar-refractivity contribution in [3.05, 3.63) is 71.0 Å². The topological polar surface area (TPSA) is 78.9 Å². The maximum Gasteiger partial charge on any atom is 0.325 e. The number of hydrogen-bond donors (Lipinski definition) is 2. The van der Waals surface area contributed by atoms with Crippen molar-refractivity contribution >= 4 is 11.9 Å². The highest BCUT2D eigenvalue weighted by molar-refractivity contribution is 6.07. The summed E-state index contributed by atoms with van der Waals surface area (Å²) in [6.45, 7) is 0.465. The van der Waals surface area contributed by atoms with Gasteiger partial charge in [0.15, 0.2) is 0 Å². The predicted octanol–water partition coefficient (Wildman–Crippen LogP) is 2.45. The molecule has 29 heavy (non-hydrogen) atoms. The summed E-state index contributed by atoms with van der Waals surface area (Å²) >= 11 is 0. The van der Waals surface area contributed by atoms with Crippen LogP contribution in [0.5, 0.6) is 0 Å². The molecule has 0 unspecified atom stereocenters. The van der Waals surface area contributed by atoms with Gasteiger partial charge < -0.3 is 15.2 Å². The highest BCUT2D eigenvalue weighted by Crippen LogP contribution is 2.31. The molecule has 1 aliphatic heterocycles. The van der Waals surface area contributed by atoms with Gasteiger partial charge in [0.1, 0.15) is 23.0 Å². The van der Waals surface area contributed by atoms with E-state index in [9.17, 15) is 27.9 Å². The van der Waals surface area contributed by atoms with E-state index in [4.69, 9.17) is 4.74 Å². The number of imide groups is 1. The van der Waals surface area contributed by atoms with E-state index < -0.39 is 47.6 Å². The second kappa shape index (κ2) is 8.22. The molecule has 2 N–H and O–H groups in total. The highest BCUT2D eigenvalue weighted by Gasteiger charge is 2.50. The maximum atomic E-state index is 14.1. The molecule has 0 aromatic heterocycles. The SMILES string of the molecule is C[C@@]1(c2cc(F)ccc2F)NC(=O)N(C[C@@H](O)COCc2ccccc2F)C1=O. The zero-order valence-electron chi connectivity index (χ0n) is 15.5. The third-order valence-electron chi connectivity index (χ3n) is 4.66. The second-order valence-corrected chi connectivity index (χ2v) is 6.86. The molecule has 1 aliphatic rings. The van der Waals surface area contributed by atoms with E-state index in [0.29, 0.717) is 10.5 Å². The van der Waals surface area contributed by atoms with Gasteiger partial charge in [-0.2, -0.15) is 0 Å². The molecule has 3 rings (SSSR count). The molecule has 1 heterocycles. The summed E-state index contributed by atoms with van der Waals surface area (Å²) in [5.41, 5.74) is -1.83. The van der Waals surface area contributed by atoms with E-state index >= 15 is 0 Å². The summed E-state index contributed by atoms with van der Waals surface area (Å²) in [6.07, 6.45) is -1.25. The molecule has 154 valence electrons. The molecular weight excluding hydrogens is 389 g/mol. The molecule has 0 radical (unpaired) electrons. The van der Waals surface area contributed by atoms with Crippen molar-refractivity contribution in [1.82, 2.24) is 10.2 Å². The number of carbonyl (C=O) groups excluding carboxylic acids is 2. The van der Waals surface area contributed by atoms with Crippen LogP contribution in [0.4, 0.5) is 18.0 Å². The van der Waals surface area contributed by atoms with Crippen LogP contribution in [0, 0.1) is 17.5 Å². The Kier molecular flexibility index (Phi) is 5.90. The standard InChI is InChI=1S/C20H19F3N2O4/c1-20(15-8-13(21)6-7-17(15)23)18(27)25(19(28)24-20)9-14(26)11-29-10-12-4-2-3-5-16(12)22/h2-8,14,26H,9-11H2,1H3,(H,24,28)/t14-,20+/m1/s1. The minimum absolute atomic E-state index is 0.101. The molecule has 2 atom stereocenters. The fourth-order valence-corrected chi connectivity index (χ4v) is 3.11. The summed E-state index contributed by atoms with van der Waals surface area (Å²) < 4.78 is 46.4. The lowest BCUT2D eigenvalue weighted by Gasteiger charge is -2.23. The van der Waals surface area contributed by atoms with Gasteiger partial charge in [-0.05, 0) is 31.2 Å². The van der Waals surface area contributed by atoms with Crippen LogP contribution in [-0.2, 0) is 21.7 Å². The number of amides is 3. The van der Waals surface area contributed by atoms with Crippen molar-refractivity contribution in [3.63, 3.8) is 0 Å². The van der Waals surface area contributed by atoms with Crippen LogP contribution in [0.1, 0.15) is 18.1 Å². The first-order valence-electron chi connectivity index (χ1n) is 8.81. The molecular formula is C20H19F3N2O4. The Balaban J connectivity index is 1.64. The number of hydrogen-bond acceptors (Lipinski definition) is 4. The Morgan fingerprint density at radius 2 is 1.86 bits per heavy atom. The van der Waals surface area contributed by atoms with Crippen molar-refractivity contribution < 1.29 is 32.6 Å². The molecule has 1 fully saturated rings. The third-order valence-corrected chi connectivity index (χ3v) is 4.66. The van der Waals surface area contributed by atoms with Gasteiger partial charge in [0.05, 0.1) is 25.9 Å². The van der Waals surface area contributed by atoms with Gasteiger partial charge in [-0.15, -0.1) is 0 Å². The van der Waals surface area contributed by atoms with Crippen LogP contribution in [0.3, 0.4) is 0 Å². The molecule has 0 spiro atoms. The average Bonchev–Trinajstić information content (AvgIpc) is 2.89. The van der Waals surface area contributed by atoms with Gasteiger partial charge in [-0.3, -0.25) is 9.69 Å². The fourth-order valence-electron chi connectivity index (χ4n) is 3.11. The molecule has 2 aromatic rings. The first-order valence-corrected chi connectivity index (χ1v) is 8.81. The summed E-state index contributed by atoms with van der Waals surface area (Å²) in [7, 11) is 0. The number of aliphatic hydroxyl groups is 1. The van der Waals surface area contributed by atoms with Crippen molar-refractivity contribution in [2.24, 2.45) is 0 Å². The number of halogens is 3. The summed E-state index contributed by atoms with van der Waals surface area (Å²) in [6, 6.07) is 7.72. The minimum Gasteiger partial charge on any atom is -0.389 e. The van der Waals surface area contributed by atoms with Crippen LogP contribution in [0.15, 0.2) is 42.5 Å². The predicted molar refractivity (Wildman–Crippen MR) is 96.0 cm³/mol. The Hall–Kier alpha value is -2.91. The number of nitrogens with zero attached hydrogens (tertiary/aromatic N) is 1. The van der Waals surface area contributed by atoms with Crippen LogP contribution in [0.25, 0.3) is 0 Å². The Labute approximate surface area is 164 Å². The van der Waals surface area contributed by atoms with Gasteiger partial charge in [0.25, 0.3) is 5.91 Å². The monoisotopic (exact) mass is 408 g/mol. The summed E-state index contributed by atoms with van der Waals surface area (Å²) in [5, 5.41) is 12.4. The highest BCUT2D eigenvalue weighted by atomic mass is 19.1. The second-order valence-electron chi connectivity index (χ2n) is 6.86. The van der Waals surface area contributed by atoms with E-state index in [1.807, 2.05) is 0 Å². The van der Waals surface area contributed by atoms with Crippen molar-refractivity contribution in [2.75, 3.05) is 13.2 Å². The van der Waals surface area contributed by atoms with Crippen molar-refractivity contribution in [3.8, 4) is 0 Å². The summed E-state index contributed by atoms with van der Waals surface area (Å²) in [5.74, 6) is -2.90. The Bertz CT molecular complexity index is 940. The molecule has 6 nitrogen and oxygen atoms in total. The third kappa shape index (κ3) is 4.25. The first-order chi connectivity index (χ1) is 13.7. The van der Waals surface area contributed by atoms with E-state index in [2.05, 4.69) is 5.32 Å². The van der Waals surface area contributed by atoms with E-state index in [1.165, 1.54) is 25.1 Å². The number of aliphatic hydroxyl groups excluding tert-OH is 1. The Morgan fingerprint density at radius 1 is 1.14 bits per heavy atom. The number of carbonyl (C=O) groups is 2. The number of benzene rings is 2. The largest absolute Gasteiger partial charge is 0.389 e. The van der Waals surface area contributed by atoms with E-state index in [1.54, 1.807) is 6.07 Å². The average molecular weight is 408 g/mol. The summed E-state index contributed by atoms with van der Waals surface area (Å²) in [4.78, 5) is 25.7. The molecule has 0 bridgehead atoms. The zero-order chi connectivity index (χ0) is 21.2. The van der Waals surface area contributed by atoms with Gasteiger partial charge >= 0.3 is 6.03 Å². The smallest absolute Gasteiger partial charge is 0.325 e. The number of urea groups is 1. The van der Waals surface area contributed by atoms with Crippen LogP contribution < -0.4 is 5.32 Å². The number of ether oxygens (including phenoxy) is 1. The van der Waals surface area contributed by atoms with Gasteiger partial charge in [-0.25, -0.2) is 18.0 Å². The number of rotatable bonds is 7. The van der Waals surface area contributed by atoms with Crippen LogP contribution >= 0.6 is 0 Å². The molecule has 3 amide bonds. The number of β-amino-alcohol motifs (C(OH)–C–C–N with tert-alkyl or cyclic N) is 1. The zero-order valence-corrected chi connectivity index (χ0v) is 15.5. The van der Waals surface area contributed by atoms with Crippen LogP contribution in [0.2, 0.25) is 0 Å². The van der Waals surface area contributed by atoms with Crippen molar-refractivity contribution in [1.29, 1.82) is 0 Å². The molecule has 0 saturated carbocycles. The lowest BCUT2D eigenvalue weighted by Crippen LogP contribution is -2.43. The fraction of sp³-hybridized carbons (Fsp3) is 0.300. The van der Waals surface area contributed by atoms with Crippen LogP contribution in [-0.4, -0.2) is 41.2 Å². The molecule has 9 heteroatoms. The molecule has 0 aliphatic carbocycles. The Morgan fingerprint density at radius 3 is 2.59 bits per heavy atom. The van der Waals surface area contributed by atoms with E-state index in [0.717, 1.165) is 18.2 Å². The number of nitrogens with one attached hydrogen (secondary N) is 1. The minimum atomic E-state index is -1.81. The van der Waals surface area contributed by atoms with Crippen molar-refractivity contribution in [2.45, 2.75) is 25.2 Å². The molecule has 2 aromatic carbocycles. The van der Waals surface area contributed by atoms with E-state index in [-0.39, 0.29) is 18.8 Å². The normalized spacial score (nSPS) is 20.1. The lowest BCUT2D eigenvalue weighted by atomic mass is 9.91. The van der Waals surface area contributed by atoms with Gasteiger partial charge in [0, 0.05) is 11.1 Å². The lowest BCUT2D eigenvalue weighted by molar-refractivity contribution is -0.132. The van der Waals surface area contributed by atoms with Gasteiger partial charge in [0.2, 0.25) is 0 Å².